The van der Waals surface area contributed by atoms with Crippen LogP contribution in [0, 0.1) is 12.8 Å². The number of nitrogens with one attached hydrogen (secondary N) is 2. The van der Waals surface area contributed by atoms with E-state index in [1.807, 2.05) is 6.92 Å². The van der Waals surface area contributed by atoms with Crippen LogP contribution in [-0.2, 0) is 22.4 Å². The predicted molar refractivity (Wildman–Crippen MR) is 80.1 cm³/mol. The number of H-pyrrole nitrogens is 1. The highest BCUT2D eigenvalue weighted by Crippen LogP contribution is 2.24. The van der Waals surface area contributed by atoms with Gasteiger partial charge in [-0.15, -0.1) is 0 Å². The van der Waals surface area contributed by atoms with Gasteiger partial charge in [-0.2, -0.15) is 0 Å². The molecule has 2 N–H and O–H groups in total. The van der Waals surface area contributed by atoms with Crippen LogP contribution in [0.2, 0.25) is 0 Å². The van der Waals surface area contributed by atoms with Crippen LogP contribution in [0.4, 0.5) is 0 Å². The van der Waals surface area contributed by atoms with Crippen molar-refractivity contribution in [2.75, 3.05) is 13.2 Å². The minimum Gasteiger partial charge on any atom is -0.376 e. The van der Waals surface area contributed by atoms with Gasteiger partial charge in [0.15, 0.2) is 0 Å². The van der Waals surface area contributed by atoms with Crippen LogP contribution < -0.4 is 5.32 Å². The van der Waals surface area contributed by atoms with E-state index < -0.39 is 0 Å². The second kappa shape index (κ2) is 6.60. The SMILES string of the molecule is Cc1nc2c([nH]1)CC(C(=O)NCCOC1CCCC1)CC2. The molecule has 1 saturated carbocycles. The fourth-order valence-electron chi connectivity index (χ4n) is 3.45. The molecule has 5 heteroatoms. The third kappa shape index (κ3) is 3.64. The maximum atomic E-state index is 12.2. The molecule has 5 nitrogen and oxygen atoms in total. The molecule has 1 aromatic heterocycles. The Hall–Kier alpha value is -1.36. The van der Waals surface area contributed by atoms with Crippen molar-refractivity contribution in [1.82, 2.24) is 15.3 Å². The minimum atomic E-state index is 0.0730. The molecular weight excluding hydrogens is 266 g/mol. The number of imidazole rings is 1. The third-order valence-corrected chi connectivity index (χ3v) is 4.59. The van der Waals surface area contributed by atoms with Crippen LogP contribution in [0.25, 0.3) is 0 Å². The van der Waals surface area contributed by atoms with Crippen LogP contribution in [0.15, 0.2) is 0 Å². The Morgan fingerprint density at radius 3 is 3.00 bits per heavy atom. The van der Waals surface area contributed by atoms with Gasteiger partial charge in [0.2, 0.25) is 5.91 Å². The van der Waals surface area contributed by atoms with Crippen LogP contribution in [-0.4, -0.2) is 35.1 Å². The molecule has 1 heterocycles. The highest BCUT2D eigenvalue weighted by molar-refractivity contribution is 5.79. The zero-order valence-corrected chi connectivity index (χ0v) is 12.8. The molecule has 1 amide bonds. The van der Waals surface area contributed by atoms with Gasteiger partial charge in [-0.3, -0.25) is 4.79 Å². The summed E-state index contributed by atoms with van der Waals surface area (Å²) in [5, 5.41) is 3.02. The Bertz CT molecular complexity index is 492. The number of aromatic nitrogens is 2. The molecule has 1 aromatic rings. The quantitative estimate of drug-likeness (QED) is 0.814. The highest BCUT2D eigenvalue weighted by atomic mass is 16.5. The molecule has 116 valence electrons. The van der Waals surface area contributed by atoms with Gasteiger partial charge < -0.3 is 15.0 Å². The molecule has 2 aliphatic carbocycles. The zero-order valence-electron chi connectivity index (χ0n) is 12.8. The van der Waals surface area contributed by atoms with Crippen LogP contribution in [0.1, 0.15) is 49.3 Å². The molecule has 21 heavy (non-hydrogen) atoms. The van der Waals surface area contributed by atoms with E-state index in [1.165, 1.54) is 25.7 Å². The Kier molecular flexibility index (Phi) is 4.58. The summed E-state index contributed by atoms with van der Waals surface area (Å²) in [7, 11) is 0. The van der Waals surface area contributed by atoms with Gasteiger partial charge in [-0.25, -0.2) is 4.98 Å². The number of aromatic amines is 1. The van der Waals surface area contributed by atoms with Gasteiger partial charge in [0, 0.05) is 24.6 Å². The van der Waals surface area contributed by atoms with E-state index in [2.05, 4.69) is 15.3 Å². The van der Waals surface area contributed by atoms with Crippen LogP contribution in [0.3, 0.4) is 0 Å². The zero-order chi connectivity index (χ0) is 14.7. The fraction of sp³-hybridized carbons (Fsp3) is 0.750. The lowest BCUT2D eigenvalue weighted by Gasteiger charge is -2.21. The van der Waals surface area contributed by atoms with E-state index in [0.29, 0.717) is 19.3 Å². The van der Waals surface area contributed by atoms with Crippen molar-refractivity contribution in [1.29, 1.82) is 0 Å². The van der Waals surface area contributed by atoms with Gasteiger partial charge in [0.25, 0.3) is 0 Å². The minimum absolute atomic E-state index is 0.0730. The Morgan fingerprint density at radius 2 is 2.19 bits per heavy atom. The number of aryl methyl sites for hydroxylation is 2. The van der Waals surface area contributed by atoms with Gasteiger partial charge in [0.1, 0.15) is 5.82 Å². The highest BCUT2D eigenvalue weighted by Gasteiger charge is 2.26. The maximum absolute atomic E-state index is 12.2. The predicted octanol–water partition coefficient (Wildman–Crippen LogP) is 1.90. The van der Waals surface area contributed by atoms with E-state index in [-0.39, 0.29) is 11.8 Å². The van der Waals surface area contributed by atoms with E-state index in [1.54, 1.807) is 0 Å². The molecule has 1 atom stereocenters. The summed E-state index contributed by atoms with van der Waals surface area (Å²) in [6.07, 6.45) is 7.92. The van der Waals surface area contributed by atoms with Gasteiger partial charge in [-0.05, 0) is 32.6 Å². The number of ether oxygens (including phenoxy) is 1. The van der Waals surface area contributed by atoms with Gasteiger partial charge in [-0.1, -0.05) is 12.8 Å². The maximum Gasteiger partial charge on any atom is 0.223 e. The second-order valence-electron chi connectivity index (χ2n) is 6.26. The molecule has 1 fully saturated rings. The Morgan fingerprint density at radius 1 is 1.38 bits per heavy atom. The van der Waals surface area contributed by atoms with Crippen molar-refractivity contribution >= 4 is 5.91 Å². The largest absolute Gasteiger partial charge is 0.376 e. The van der Waals surface area contributed by atoms with Crippen molar-refractivity contribution < 1.29 is 9.53 Å². The van der Waals surface area contributed by atoms with E-state index in [0.717, 1.165) is 36.5 Å². The Labute approximate surface area is 125 Å². The van der Waals surface area contributed by atoms with Crippen molar-refractivity contribution in [2.45, 2.75) is 58.0 Å². The topological polar surface area (TPSA) is 67.0 Å². The van der Waals surface area contributed by atoms with Crippen molar-refractivity contribution in [3.63, 3.8) is 0 Å². The molecule has 0 spiro atoms. The summed E-state index contributed by atoms with van der Waals surface area (Å²) in [6, 6.07) is 0. The normalized spacial score (nSPS) is 22.2. The molecule has 2 aliphatic rings. The summed E-state index contributed by atoms with van der Waals surface area (Å²) in [5.41, 5.74) is 2.28. The number of hydrogen-bond donors (Lipinski definition) is 2. The molecule has 0 radical (unpaired) electrons. The van der Waals surface area contributed by atoms with Crippen molar-refractivity contribution in [3.8, 4) is 0 Å². The number of carbonyl (C=O) groups is 1. The summed E-state index contributed by atoms with van der Waals surface area (Å²) >= 11 is 0. The molecule has 0 aliphatic heterocycles. The molecule has 3 rings (SSSR count). The summed E-state index contributed by atoms with van der Waals surface area (Å²) in [4.78, 5) is 19.9. The monoisotopic (exact) mass is 291 g/mol. The first-order valence-corrected chi connectivity index (χ1v) is 8.16. The number of rotatable bonds is 5. The standard InChI is InChI=1S/C16H25N3O2/c1-11-18-14-7-6-12(10-15(14)19-11)16(20)17-8-9-21-13-4-2-3-5-13/h12-13H,2-10H2,1H3,(H,17,20)(H,18,19). The van der Waals surface area contributed by atoms with Crippen molar-refractivity contribution in [3.05, 3.63) is 17.2 Å². The third-order valence-electron chi connectivity index (χ3n) is 4.59. The average molecular weight is 291 g/mol. The lowest BCUT2D eigenvalue weighted by atomic mass is 9.89. The first kappa shape index (κ1) is 14.6. The number of fused-ring (bicyclic) bond motifs is 1. The molecule has 0 bridgehead atoms. The van der Waals surface area contributed by atoms with E-state index >= 15 is 0 Å². The number of carbonyl (C=O) groups excluding carboxylic acids is 1. The first-order chi connectivity index (χ1) is 10.2. The lowest BCUT2D eigenvalue weighted by molar-refractivity contribution is -0.125. The number of hydrogen-bond acceptors (Lipinski definition) is 3. The summed E-state index contributed by atoms with van der Waals surface area (Å²) in [6.45, 7) is 3.23. The fourth-order valence-corrected chi connectivity index (χ4v) is 3.45. The summed E-state index contributed by atoms with van der Waals surface area (Å²) < 4.78 is 5.77. The molecular formula is C16H25N3O2. The van der Waals surface area contributed by atoms with Crippen molar-refractivity contribution in [2.24, 2.45) is 5.92 Å². The van der Waals surface area contributed by atoms with Gasteiger partial charge in [0.05, 0.1) is 18.4 Å². The van der Waals surface area contributed by atoms with Crippen LogP contribution in [0.5, 0.6) is 0 Å². The number of amides is 1. The summed E-state index contributed by atoms with van der Waals surface area (Å²) in [5.74, 6) is 1.18. The molecule has 0 saturated heterocycles. The lowest BCUT2D eigenvalue weighted by Crippen LogP contribution is -2.36. The molecule has 0 aromatic carbocycles. The number of nitrogens with zero attached hydrogens (tertiary/aromatic N) is 1. The van der Waals surface area contributed by atoms with E-state index in [9.17, 15) is 4.79 Å². The second-order valence-corrected chi connectivity index (χ2v) is 6.26. The van der Waals surface area contributed by atoms with Gasteiger partial charge >= 0.3 is 0 Å². The molecule has 1 unspecified atom stereocenters. The smallest absolute Gasteiger partial charge is 0.223 e. The first-order valence-electron chi connectivity index (χ1n) is 8.16. The Balaban J connectivity index is 1.39. The average Bonchev–Trinajstić information content (AvgIpc) is 3.10. The van der Waals surface area contributed by atoms with E-state index in [4.69, 9.17) is 4.74 Å². The van der Waals surface area contributed by atoms with Crippen LogP contribution >= 0.6 is 0 Å².